The largest absolute Gasteiger partial charge is 0.386 e. The Labute approximate surface area is 124 Å². The van der Waals surface area contributed by atoms with E-state index in [1.807, 2.05) is 24.3 Å². The van der Waals surface area contributed by atoms with E-state index in [1.165, 1.54) is 0 Å². The molecule has 21 heavy (non-hydrogen) atoms. The van der Waals surface area contributed by atoms with Gasteiger partial charge in [0, 0.05) is 20.1 Å². The number of nitrogens with zero attached hydrogens (tertiary/aromatic N) is 2. The Morgan fingerprint density at radius 3 is 3.05 bits per heavy atom. The highest BCUT2D eigenvalue weighted by molar-refractivity contribution is 5.75. The maximum Gasteiger partial charge on any atom is 0.112 e. The first kappa shape index (κ1) is 14.5. The summed E-state index contributed by atoms with van der Waals surface area (Å²) in [5.41, 5.74) is 1.22. The second kappa shape index (κ2) is 6.13. The molecule has 0 radical (unpaired) electrons. The van der Waals surface area contributed by atoms with E-state index in [-0.39, 0.29) is 0 Å². The lowest BCUT2D eigenvalue weighted by atomic mass is 9.96. The molecular formula is C16H22N2O3. The number of hydrogen-bond acceptors (Lipinski definition) is 4. The van der Waals surface area contributed by atoms with Crippen LogP contribution in [0.3, 0.4) is 0 Å². The van der Waals surface area contributed by atoms with E-state index in [0.717, 1.165) is 42.7 Å². The first-order valence-corrected chi connectivity index (χ1v) is 7.45. The van der Waals surface area contributed by atoms with E-state index in [0.29, 0.717) is 19.8 Å². The molecule has 1 N–H and O–H groups in total. The van der Waals surface area contributed by atoms with Crippen molar-refractivity contribution < 1.29 is 14.6 Å². The number of ether oxygens (including phenoxy) is 2. The maximum atomic E-state index is 10.7. The molecule has 0 aliphatic carbocycles. The molecule has 1 saturated heterocycles. The number of rotatable bonds is 5. The summed E-state index contributed by atoms with van der Waals surface area (Å²) in [7, 11) is 1.69. The molecule has 1 aliphatic heterocycles. The number of fused-ring (bicyclic) bond motifs is 1. The van der Waals surface area contributed by atoms with E-state index < -0.39 is 5.60 Å². The van der Waals surface area contributed by atoms with Crippen LogP contribution in [0.5, 0.6) is 0 Å². The third kappa shape index (κ3) is 3.10. The van der Waals surface area contributed by atoms with Crippen molar-refractivity contribution in [1.82, 2.24) is 9.55 Å². The van der Waals surface area contributed by atoms with E-state index in [2.05, 4.69) is 9.55 Å². The number of imidazole rings is 1. The van der Waals surface area contributed by atoms with E-state index in [1.54, 1.807) is 7.11 Å². The molecule has 1 atom stereocenters. The third-order valence-corrected chi connectivity index (χ3v) is 4.02. The van der Waals surface area contributed by atoms with Crippen LogP contribution in [0.25, 0.3) is 11.0 Å². The lowest BCUT2D eigenvalue weighted by Gasteiger charge is -2.32. The Morgan fingerprint density at radius 2 is 2.29 bits per heavy atom. The van der Waals surface area contributed by atoms with Crippen molar-refractivity contribution in [2.24, 2.45) is 0 Å². The molecule has 0 spiro atoms. The summed E-state index contributed by atoms with van der Waals surface area (Å²) in [5, 5.41) is 10.7. The van der Waals surface area contributed by atoms with Crippen molar-refractivity contribution in [3.05, 3.63) is 30.1 Å². The summed E-state index contributed by atoms with van der Waals surface area (Å²) in [6.45, 7) is 2.28. The smallest absolute Gasteiger partial charge is 0.112 e. The zero-order valence-electron chi connectivity index (χ0n) is 12.4. The predicted molar refractivity (Wildman–Crippen MR) is 80.3 cm³/mol. The molecule has 1 aromatic carbocycles. The van der Waals surface area contributed by atoms with Crippen LogP contribution in [0.15, 0.2) is 24.3 Å². The number of methoxy groups -OCH3 is 1. The Hall–Kier alpha value is -1.43. The van der Waals surface area contributed by atoms with E-state index in [9.17, 15) is 5.11 Å². The molecule has 1 unspecified atom stereocenters. The van der Waals surface area contributed by atoms with Gasteiger partial charge in [-0.2, -0.15) is 0 Å². The van der Waals surface area contributed by atoms with E-state index >= 15 is 0 Å². The minimum Gasteiger partial charge on any atom is -0.386 e. The van der Waals surface area contributed by atoms with Crippen LogP contribution in [-0.4, -0.2) is 47.2 Å². The fourth-order valence-electron chi connectivity index (χ4n) is 2.94. The minimum absolute atomic E-state index is 0.392. The number of hydrogen-bond donors (Lipinski definition) is 1. The van der Waals surface area contributed by atoms with Crippen molar-refractivity contribution in [2.45, 2.75) is 31.4 Å². The third-order valence-electron chi connectivity index (χ3n) is 4.02. The van der Waals surface area contributed by atoms with Gasteiger partial charge in [0.1, 0.15) is 11.4 Å². The fourth-order valence-corrected chi connectivity index (χ4v) is 2.94. The second-order valence-electron chi connectivity index (χ2n) is 5.73. The van der Waals surface area contributed by atoms with Crippen LogP contribution in [0.2, 0.25) is 0 Å². The number of para-hydroxylation sites is 2. The zero-order chi connectivity index (χ0) is 14.7. The topological polar surface area (TPSA) is 56.5 Å². The Balaban J connectivity index is 1.94. The van der Waals surface area contributed by atoms with Crippen LogP contribution in [0.1, 0.15) is 18.7 Å². The van der Waals surface area contributed by atoms with Crippen molar-refractivity contribution >= 4 is 11.0 Å². The number of aromatic nitrogens is 2. The average Bonchev–Trinajstić information content (AvgIpc) is 2.83. The monoisotopic (exact) mass is 290 g/mol. The van der Waals surface area contributed by atoms with Crippen molar-refractivity contribution in [1.29, 1.82) is 0 Å². The predicted octanol–water partition coefficient (Wildman–Crippen LogP) is 1.77. The Bertz CT molecular complexity index is 603. The molecule has 3 rings (SSSR count). The highest BCUT2D eigenvalue weighted by atomic mass is 16.5. The molecule has 5 nitrogen and oxygen atoms in total. The Kier molecular flexibility index (Phi) is 4.24. The summed E-state index contributed by atoms with van der Waals surface area (Å²) < 4.78 is 12.7. The van der Waals surface area contributed by atoms with Crippen molar-refractivity contribution in [3.63, 3.8) is 0 Å². The Morgan fingerprint density at radius 1 is 1.43 bits per heavy atom. The van der Waals surface area contributed by atoms with Crippen molar-refractivity contribution in [3.8, 4) is 0 Å². The summed E-state index contributed by atoms with van der Waals surface area (Å²) in [6.07, 6.45) is 2.40. The first-order chi connectivity index (χ1) is 10.2. The molecule has 0 amide bonds. The second-order valence-corrected chi connectivity index (χ2v) is 5.73. The lowest BCUT2D eigenvalue weighted by Crippen LogP contribution is -2.42. The molecule has 2 heterocycles. The minimum atomic E-state index is -0.802. The van der Waals surface area contributed by atoms with Gasteiger partial charge in [-0.1, -0.05) is 12.1 Å². The fraction of sp³-hybridized carbons (Fsp3) is 0.562. The standard InChI is InChI=1S/C16H22N2O3/c1-20-10-7-15-17-13-5-2-3-6-14(13)18(15)11-16(19)8-4-9-21-12-16/h2-3,5-6,19H,4,7-12H2,1H3. The molecule has 0 saturated carbocycles. The van der Waals surface area contributed by atoms with E-state index in [4.69, 9.17) is 9.47 Å². The average molecular weight is 290 g/mol. The summed E-state index contributed by atoms with van der Waals surface area (Å²) in [6, 6.07) is 8.04. The quantitative estimate of drug-likeness (QED) is 0.912. The van der Waals surface area contributed by atoms with Gasteiger partial charge in [-0.15, -0.1) is 0 Å². The normalized spacial score (nSPS) is 22.8. The van der Waals surface area contributed by atoms with Gasteiger partial charge in [-0.05, 0) is 25.0 Å². The van der Waals surface area contributed by atoms with Gasteiger partial charge in [-0.3, -0.25) is 0 Å². The molecule has 0 bridgehead atoms. The molecule has 2 aromatic rings. The lowest BCUT2D eigenvalue weighted by molar-refractivity contribution is -0.0940. The molecule has 1 fully saturated rings. The van der Waals surface area contributed by atoms with Gasteiger partial charge >= 0.3 is 0 Å². The van der Waals surface area contributed by atoms with Gasteiger partial charge in [0.25, 0.3) is 0 Å². The first-order valence-electron chi connectivity index (χ1n) is 7.45. The van der Waals surface area contributed by atoms with Crippen LogP contribution in [-0.2, 0) is 22.4 Å². The molecule has 1 aliphatic rings. The summed E-state index contributed by atoms with van der Waals surface area (Å²) in [5.74, 6) is 0.956. The maximum absolute atomic E-state index is 10.7. The highest BCUT2D eigenvalue weighted by Gasteiger charge is 2.31. The molecule has 5 heteroatoms. The van der Waals surface area contributed by atoms with Crippen LogP contribution >= 0.6 is 0 Å². The highest BCUT2D eigenvalue weighted by Crippen LogP contribution is 2.25. The number of aliphatic hydroxyl groups is 1. The summed E-state index contributed by atoms with van der Waals surface area (Å²) in [4.78, 5) is 4.68. The molecular weight excluding hydrogens is 268 g/mol. The van der Waals surface area contributed by atoms with Crippen molar-refractivity contribution in [2.75, 3.05) is 26.9 Å². The molecule has 1 aromatic heterocycles. The van der Waals surface area contributed by atoms with Crippen LogP contribution < -0.4 is 0 Å². The van der Waals surface area contributed by atoms with Gasteiger partial charge in [0.15, 0.2) is 0 Å². The van der Waals surface area contributed by atoms with Crippen LogP contribution in [0.4, 0.5) is 0 Å². The number of benzene rings is 1. The summed E-state index contributed by atoms with van der Waals surface area (Å²) >= 11 is 0. The van der Waals surface area contributed by atoms with Gasteiger partial charge < -0.3 is 19.1 Å². The SMILES string of the molecule is COCCc1nc2ccccc2n1CC1(O)CCCOC1. The van der Waals surface area contributed by atoms with Crippen LogP contribution in [0, 0.1) is 0 Å². The van der Waals surface area contributed by atoms with Gasteiger partial charge in [0.2, 0.25) is 0 Å². The van der Waals surface area contributed by atoms with Gasteiger partial charge in [0.05, 0.1) is 30.8 Å². The zero-order valence-corrected chi connectivity index (χ0v) is 12.4. The molecule has 114 valence electrons. The van der Waals surface area contributed by atoms with Gasteiger partial charge in [-0.25, -0.2) is 4.98 Å².